The molecule has 0 saturated heterocycles. The highest BCUT2D eigenvalue weighted by atomic mass is 35.5. The number of anilines is 2. The molecule has 4 aromatic carbocycles. The molecule has 0 aliphatic heterocycles. The van der Waals surface area contributed by atoms with Gasteiger partial charge in [-0.05, 0) is 110 Å². The van der Waals surface area contributed by atoms with Crippen molar-refractivity contribution in [2.75, 3.05) is 10.6 Å². The van der Waals surface area contributed by atoms with E-state index in [9.17, 15) is 0 Å². The standard InChI is InChI=1S/C42H50Cl4N4/c43-33-17-25-37(26-18-33)47-41(48-38-27-19-34(44)20-28-38)15-13-11-9-7-5-3-1-2-4-6-8-10-12-14-16-42(49-39-29-21-35(45)22-30-39)50-40-31-23-36(46)24-32-40/h17-32H,1-16H2,(H,47,48)(H,49,50). The van der Waals surface area contributed by atoms with Gasteiger partial charge < -0.3 is 10.6 Å². The van der Waals surface area contributed by atoms with Crippen LogP contribution in [0, 0.1) is 0 Å². The van der Waals surface area contributed by atoms with Crippen molar-refractivity contribution in [3.8, 4) is 0 Å². The summed E-state index contributed by atoms with van der Waals surface area (Å²) in [4.78, 5) is 9.72. The molecule has 0 aliphatic rings. The molecule has 50 heavy (non-hydrogen) atoms. The summed E-state index contributed by atoms with van der Waals surface area (Å²) in [7, 11) is 0. The summed E-state index contributed by atoms with van der Waals surface area (Å²) in [5, 5.41) is 9.86. The average molecular weight is 753 g/mol. The molecule has 0 radical (unpaired) electrons. The Morgan fingerprint density at radius 2 is 0.580 bits per heavy atom. The summed E-state index contributed by atoms with van der Waals surface area (Å²) >= 11 is 24.3. The van der Waals surface area contributed by atoms with Crippen molar-refractivity contribution in [3.05, 3.63) is 117 Å². The second-order valence-electron chi connectivity index (χ2n) is 12.8. The van der Waals surface area contributed by atoms with Gasteiger partial charge in [-0.2, -0.15) is 0 Å². The van der Waals surface area contributed by atoms with Crippen molar-refractivity contribution < 1.29 is 0 Å². The summed E-state index contributed by atoms with van der Waals surface area (Å²) < 4.78 is 0. The van der Waals surface area contributed by atoms with E-state index in [1.807, 2.05) is 97.1 Å². The number of unbranched alkanes of at least 4 members (excludes halogenated alkanes) is 13. The molecule has 0 spiro atoms. The summed E-state index contributed by atoms with van der Waals surface area (Å²) in [5.74, 6) is 1.93. The maximum absolute atomic E-state index is 6.07. The number of aliphatic imine (C=N–C) groups is 2. The Morgan fingerprint density at radius 1 is 0.340 bits per heavy atom. The number of amidine groups is 2. The molecule has 0 aliphatic carbocycles. The SMILES string of the molecule is Clc1ccc(N=C(CCCCCCCCCCCCCCCCC(=Nc2ccc(Cl)cc2)Nc2ccc(Cl)cc2)Nc2ccc(Cl)cc2)cc1. The molecule has 4 rings (SSSR count). The van der Waals surface area contributed by atoms with Gasteiger partial charge >= 0.3 is 0 Å². The topological polar surface area (TPSA) is 48.8 Å². The minimum atomic E-state index is 0.717. The monoisotopic (exact) mass is 750 g/mol. The van der Waals surface area contributed by atoms with E-state index in [0.29, 0.717) is 0 Å². The molecule has 4 nitrogen and oxygen atoms in total. The molecule has 0 saturated carbocycles. The molecule has 0 amide bonds. The first kappa shape index (κ1) is 39.8. The molecule has 0 heterocycles. The summed E-state index contributed by atoms with van der Waals surface area (Å²) in [6, 6.07) is 30.8. The summed E-state index contributed by atoms with van der Waals surface area (Å²) in [6.07, 6.45) is 19.7. The van der Waals surface area contributed by atoms with E-state index in [2.05, 4.69) is 10.6 Å². The Hall–Kier alpha value is -3.02. The maximum atomic E-state index is 6.07. The van der Waals surface area contributed by atoms with Crippen LogP contribution in [0.4, 0.5) is 22.7 Å². The van der Waals surface area contributed by atoms with Gasteiger partial charge in [0, 0.05) is 44.3 Å². The van der Waals surface area contributed by atoms with Crippen LogP contribution in [0.5, 0.6) is 0 Å². The number of nitrogens with zero attached hydrogens (tertiary/aromatic N) is 2. The van der Waals surface area contributed by atoms with Crippen LogP contribution in [0.2, 0.25) is 20.1 Å². The lowest BCUT2D eigenvalue weighted by molar-refractivity contribution is 0.535. The van der Waals surface area contributed by atoms with E-state index in [0.717, 1.165) is 80.2 Å². The molecule has 0 atom stereocenters. The van der Waals surface area contributed by atoms with Crippen molar-refractivity contribution in [2.24, 2.45) is 9.98 Å². The van der Waals surface area contributed by atoms with Crippen molar-refractivity contribution >= 4 is 80.8 Å². The third-order valence-corrected chi connectivity index (χ3v) is 9.53. The van der Waals surface area contributed by atoms with Crippen LogP contribution in [0.3, 0.4) is 0 Å². The minimum Gasteiger partial charge on any atom is -0.344 e. The molecular formula is C42H50Cl4N4. The zero-order valence-corrected chi connectivity index (χ0v) is 32.0. The predicted molar refractivity (Wildman–Crippen MR) is 221 cm³/mol. The van der Waals surface area contributed by atoms with Crippen molar-refractivity contribution in [1.82, 2.24) is 0 Å². The van der Waals surface area contributed by atoms with Crippen LogP contribution in [-0.2, 0) is 0 Å². The number of hydrogen-bond donors (Lipinski definition) is 2. The smallest absolute Gasteiger partial charge is 0.107 e. The first-order chi connectivity index (χ1) is 24.4. The molecule has 266 valence electrons. The minimum absolute atomic E-state index is 0.717. The van der Waals surface area contributed by atoms with Crippen LogP contribution in [0.25, 0.3) is 0 Å². The Kier molecular flexibility index (Phi) is 18.7. The third kappa shape index (κ3) is 16.8. The molecular weight excluding hydrogens is 702 g/mol. The lowest BCUT2D eigenvalue weighted by atomic mass is 10.0. The first-order valence-corrected chi connectivity index (χ1v) is 19.7. The van der Waals surface area contributed by atoms with E-state index in [-0.39, 0.29) is 0 Å². The highest BCUT2D eigenvalue weighted by Gasteiger charge is 2.05. The first-order valence-electron chi connectivity index (χ1n) is 18.1. The fourth-order valence-electron chi connectivity index (χ4n) is 5.74. The second kappa shape index (κ2) is 23.5. The Balaban J connectivity index is 1.02. The van der Waals surface area contributed by atoms with Gasteiger partial charge in [-0.3, -0.25) is 0 Å². The molecule has 0 aromatic heterocycles. The zero-order chi connectivity index (χ0) is 35.2. The lowest BCUT2D eigenvalue weighted by Crippen LogP contribution is -2.11. The fraction of sp³-hybridized carbons (Fsp3) is 0.381. The van der Waals surface area contributed by atoms with Gasteiger partial charge in [-0.1, -0.05) is 123 Å². The number of nitrogens with one attached hydrogen (secondary N) is 2. The van der Waals surface area contributed by atoms with Crippen LogP contribution >= 0.6 is 46.4 Å². The van der Waals surface area contributed by atoms with E-state index in [1.54, 1.807) is 0 Å². The Labute approximate surface area is 319 Å². The second-order valence-corrected chi connectivity index (χ2v) is 14.5. The highest BCUT2D eigenvalue weighted by molar-refractivity contribution is 6.31. The summed E-state index contributed by atoms with van der Waals surface area (Å²) in [6.45, 7) is 0. The number of hydrogen-bond acceptors (Lipinski definition) is 2. The molecule has 8 heteroatoms. The van der Waals surface area contributed by atoms with Gasteiger partial charge in [0.1, 0.15) is 11.7 Å². The van der Waals surface area contributed by atoms with Gasteiger partial charge in [-0.15, -0.1) is 0 Å². The van der Waals surface area contributed by atoms with Gasteiger partial charge in [0.2, 0.25) is 0 Å². The molecule has 0 unspecified atom stereocenters. The average Bonchev–Trinajstić information content (AvgIpc) is 3.11. The zero-order valence-electron chi connectivity index (χ0n) is 29.0. The number of halogens is 4. The fourth-order valence-corrected chi connectivity index (χ4v) is 6.25. The Bertz CT molecular complexity index is 1450. The van der Waals surface area contributed by atoms with Crippen LogP contribution < -0.4 is 10.6 Å². The molecule has 0 bridgehead atoms. The summed E-state index contributed by atoms with van der Waals surface area (Å²) in [5.41, 5.74) is 3.80. The molecule has 4 aromatic rings. The van der Waals surface area contributed by atoms with Crippen molar-refractivity contribution in [1.29, 1.82) is 0 Å². The maximum Gasteiger partial charge on any atom is 0.107 e. The van der Waals surface area contributed by atoms with Crippen LogP contribution in [-0.4, -0.2) is 11.7 Å². The predicted octanol–water partition coefficient (Wildman–Crippen LogP) is 15.5. The largest absolute Gasteiger partial charge is 0.344 e. The van der Waals surface area contributed by atoms with Gasteiger partial charge in [-0.25, -0.2) is 9.98 Å². The number of benzene rings is 4. The van der Waals surface area contributed by atoms with Crippen LogP contribution in [0.15, 0.2) is 107 Å². The van der Waals surface area contributed by atoms with Crippen molar-refractivity contribution in [3.63, 3.8) is 0 Å². The van der Waals surface area contributed by atoms with E-state index >= 15 is 0 Å². The van der Waals surface area contributed by atoms with Gasteiger partial charge in [0.15, 0.2) is 0 Å². The normalized spacial score (nSPS) is 11.9. The van der Waals surface area contributed by atoms with E-state index in [1.165, 1.54) is 77.0 Å². The van der Waals surface area contributed by atoms with Crippen molar-refractivity contribution in [2.45, 2.75) is 103 Å². The van der Waals surface area contributed by atoms with Crippen LogP contribution in [0.1, 0.15) is 103 Å². The number of rotatable bonds is 21. The van der Waals surface area contributed by atoms with Gasteiger partial charge in [0.05, 0.1) is 11.4 Å². The van der Waals surface area contributed by atoms with Gasteiger partial charge in [0.25, 0.3) is 0 Å². The molecule has 2 N–H and O–H groups in total. The highest BCUT2D eigenvalue weighted by Crippen LogP contribution is 2.22. The molecule has 0 fully saturated rings. The van der Waals surface area contributed by atoms with E-state index in [4.69, 9.17) is 56.4 Å². The quantitative estimate of drug-likeness (QED) is 0.0506. The van der Waals surface area contributed by atoms with E-state index < -0.39 is 0 Å². The Morgan fingerprint density at radius 3 is 0.860 bits per heavy atom. The third-order valence-electron chi connectivity index (χ3n) is 8.52. The lowest BCUT2D eigenvalue weighted by Gasteiger charge is -2.11.